The van der Waals surface area contributed by atoms with E-state index in [1.54, 1.807) is 0 Å². The summed E-state index contributed by atoms with van der Waals surface area (Å²) in [7, 11) is 0. The SMILES string of the molecule is CCCCCCCCCCn1c2ccccc2c2cc(/C=C/c3ccc(-c4ccc(/C=C/c5ccc6c(c5)c5ccccc5n6CCCCCCCCCC)cn4)nc3)ccc21. The van der Waals surface area contributed by atoms with Crippen LogP contribution in [0, 0.1) is 0 Å². The Morgan fingerprint density at radius 3 is 1.11 bits per heavy atom. The Labute approximate surface area is 370 Å². The van der Waals surface area contributed by atoms with Gasteiger partial charge >= 0.3 is 0 Å². The van der Waals surface area contributed by atoms with Crippen LogP contribution in [-0.2, 0) is 13.1 Å². The molecule has 0 aliphatic carbocycles. The lowest BCUT2D eigenvalue weighted by atomic mass is 10.1. The summed E-state index contributed by atoms with van der Waals surface area (Å²) in [6.45, 7) is 6.72. The van der Waals surface area contributed by atoms with Crippen LogP contribution in [0.1, 0.15) is 139 Å². The smallest absolute Gasteiger partial charge is 0.0886 e. The summed E-state index contributed by atoms with van der Waals surface area (Å²) >= 11 is 0. The van der Waals surface area contributed by atoms with Crippen molar-refractivity contribution in [2.24, 2.45) is 0 Å². The van der Waals surface area contributed by atoms with Gasteiger partial charge in [0.15, 0.2) is 0 Å². The van der Waals surface area contributed by atoms with Gasteiger partial charge in [0.2, 0.25) is 0 Å². The van der Waals surface area contributed by atoms with Gasteiger partial charge in [0.25, 0.3) is 0 Å². The second-order valence-electron chi connectivity index (χ2n) is 17.5. The molecule has 0 aliphatic heterocycles. The average Bonchev–Trinajstić information content (AvgIpc) is 3.80. The quantitative estimate of drug-likeness (QED) is 0.0603. The molecular weight excluding hydrogens is 753 g/mol. The van der Waals surface area contributed by atoms with Gasteiger partial charge < -0.3 is 9.13 Å². The number of unbranched alkanes of at least 4 members (excludes halogenated alkanes) is 14. The maximum atomic E-state index is 4.80. The molecule has 0 unspecified atom stereocenters. The first-order valence-corrected chi connectivity index (χ1v) is 24.0. The van der Waals surface area contributed by atoms with Gasteiger partial charge in [0.1, 0.15) is 0 Å². The topological polar surface area (TPSA) is 35.6 Å². The van der Waals surface area contributed by atoms with Crippen molar-refractivity contribution < 1.29 is 0 Å². The van der Waals surface area contributed by atoms with Crippen LogP contribution >= 0.6 is 0 Å². The summed E-state index contributed by atoms with van der Waals surface area (Å²) in [5.74, 6) is 0. The van der Waals surface area contributed by atoms with Crippen LogP contribution in [0.25, 0.3) is 79.3 Å². The first-order chi connectivity index (χ1) is 30.7. The maximum absolute atomic E-state index is 4.80. The van der Waals surface area contributed by atoms with E-state index in [2.05, 4.69) is 156 Å². The van der Waals surface area contributed by atoms with Crippen molar-refractivity contribution in [2.45, 2.75) is 130 Å². The highest BCUT2D eigenvalue weighted by Crippen LogP contribution is 2.33. The molecule has 4 nitrogen and oxygen atoms in total. The molecule has 0 amide bonds. The van der Waals surface area contributed by atoms with Crippen molar-refractivity contribution in [3.05, 3.63) is 144 Å². The highest BCUT2D eigenvalue weighted by Gasteiger charge is 2.12. The summed E-state index contributed by atoms with van der Waals surface area (Å²) in [5, 5.41) is 5.33. The molecule has 4 heteroatoms. The van der Waals surface area contributed by atoms with Crippen molar-refractivity contribution in [3.63, 3.8) is 0 Å². The monoisotopic (exact) mass is 819 g/mol. The Morgan fingerprint density at radius 2 is 0.710 bits per heavy atom. The molecule has 4 aromatic carbocycles. The molecule has 0 N–H and O–H groups in total. The van der Waals surface area contributed by atoms with Crippen LogP contribution in [0.15, 0.2) is 122 Å². The predicted molar refractivity (Wildman–Crippen MR) is 269 cm³/mol. The molecule has 4 heterocycles. The van der Waals surface area contributed by atoms with E-state index in [0.29, 0.717) is 0 Å². The molecule has 0 fully saturated rings. The number of hydrogen-bond acceptors (Lipinski definition) is 2. The van der Waals surface area contributed by atoms with Gasteiger partial charge in [0.05, 0.1) is 11.4 Å². The maximum Gasteiger partial charge on any atom is 0.0886 e. The van der Waals surface area contributed by atoms with Crippen molar-refractivity contribution in [1.29, 1.82) is 0 Å². The Hall–Kier alpha value is -5.74. The highest BCUT2D eigenvalue weighted by atomic mass is 15.0. The summed E-state index contributed by atoms with van der Waals surface area (Å²) in [4.78, 5) is 9.60. The van der Waals surface area contributed by atoms with Gasteiger partial charge in [0, 0.05) is 69.1 Å². The van der Waals surface area contributed by atoms with Crippen LogP contribution < -0.4 is 0 Å². The van der Waals surface area contributed by atoms with Gasteiger partial charge in [-0.05, 0) is 83.6 Å². The number of fused-ring (bicyclic) bond motifs is 6. The molecule has 0 atom stereocenters. The summed E-state index contributed by atoms with van der Waals surface area (Å²) in [5.41, 5.74) is 11.6. The lowest BCUT2D eigenvalue weighted by Gasteiger charge is -2.08. The second-order valence-corrected chi connectivity index (χ2v) is 17.5. The number of rotatable bonds is 23. The number of aryl methyl sites for hydroxylation is 2. The van der Waals surface area contributed by atoms with E-state index in [-0.39, 0.29) is 0 Å². The minimum absolute atomic E-state index is 0.872. The molecule has 0 aliphatic rings. The van der Waals surface area contributed by atoms with Crippen molar-refractivity contribution in [1.82, 2.24) is 19.1 Å². The zero-order valence-electron chi connectivity index (χ0n) is 37.4. The fraction of sp³-hybridized carbons (Fsp3) is 0.345. The Bertz CT molecular complexity index is 2520. The van der Waals surface area contributed by atoms with E-state index < -0.39 is 0 Å². The van der Waals surface area contributed by atoms with Crippen molar-refractivity contribution in [2.75, 3.05) is 0 Å². The van der Waals surface area contributed by atoms with Crippen molar-refractivity contribution >= 4 is 67.9 Å². The molecule has 0 saturated carbocycles. The molecule has 0 saturated heterocycles. The third-order valence-corrected chi connectivity index (χ3v) is 12.8. The van der Waals surface area contributed by atoms with Gasteiger partial charge in [-0.1, -0.05) is 189 Å². The molecule has 8 aromatic rings. The third kappa shape index (κ3) is 10.6. The Morgan fingerprint density at radius 1 is 0.355 bits per heavy atom. The van der Waals surface area contributed by atoms with E-state index in [9.17, 15) is 0 Å². The van der Waals surface area contributed by atoms with Crippen molar-refractivity contribution in [3.8, 4) is 11.4 Å². The number of hydrogen-bond donors (Lipinski definition) is 0. The number of aromatic nitrogens is 4. The fourth-order valence-corrected chi connectivity index (χ4v) is 9.34. The van der Waals surface area contributed by atoms with Crippen LogP contribution in [0.4, 0.5) is 0 Å². The largest absolute Gasteiger partial charge is 0.340 e. The Balaban J connectivity index is 0.877. The van der Waals surface area contributed by atoms with Gasteiger partial charge in [-0.25, -0.2) is 0 Å². The van der Waals surface area contributed by atoms with Gasteiger partial charge in [-0.3, -0.25) is 9.97 Å². The van der Waals surface area contributed by atoms with Crippen LogP contribution in [0.5, 0.6) is 0 Å². The van der Waals surface area contributed by atoms with Crippen LogP contribution in [-0.4, -0.2) is 19.1 Å². The van der Waals surface area contributed by atoms with E-state index in [4.69, 9.17) is 9.97 Å². The third-order valence-electron chi connectivity index (χ3n) is 12.8. The molecule has 4 aromatic heterocycles. The molecule has 62 heavy (non-hydrogen) atoms. The Kier molecular flexibility index (Phi) is 15.1. The average molecular weight is 819 g/mol. The van der Waals surface area contributed by atoms with E-state index in [0.717, 1.165) is 35.6 Å². The second kappa shape index (κ2) is 21.9. The number of para-hydroxylation sites is 2. The molecule has 8 rings (SSSR count). The minimum Gasteiger partial charge on any atom is -0.340 e. The summed E-state index contributed by atoms with van der Waals surface area (Å²) in [6, 6.07) is 40.0. The van der Waals surface area contributed by atoms with Crippen LogP contribution in [0.2, 0.25) is 0 Å². The number of benzene rings is 4. The summed E-state index contributed by atoms with van der Waals surface area (Å²) < 4.78 is 5.07. The van der Waals surface area contributed by atoms with E-state index in [1.165, 1.54) is 157 Å². The normalized spacial score (nSPS) is 12.1. The zero-order chi connectivity index (χ0) is 42.4. The molecule has 318 valence electrons. The lowest BCUT2D eigenvalue weighted by Crippen LogP contribution is -1.97. The standard InChI is InChI=1S/C58H66N4/c1-3-5-7-9-11-13-15-21-39-61-55-25-19-17-23-49(55)51-41-45(33-37-57(51)61)27-29-47-31-35-53(59-43-47)54-36-32-48(44-60-54)30-28-46-34-38-58-52(42-46)50-24-18-20-26-56(50)62(58)40-22-16-14-12-10-8-6-4-2/h17-20,23-38,41-44H,3-16,21-22,39-40H2,1-2H3/b29-27+,30-28+. The number of nitrogens with zero attached hydrogens (tertiary/aromatic N) is 4. The summed E-state index contributed by atoms with van der Waals surface area (Å²) in [6.07, 6.45) is 34.0. The minimum atomic E-state index is 0.872. The lowest BCUT2D eigenvalue weighted by molar-refractivity contribution is 0.553. The predicted octanol–water partition coefficient (Wildman–Crippen LogP) is 17.0. The van der Waals surface area contributed by atoms with Crippen LogP contribution in [0.3, 0.4) is 0 Å². The van der Waals surface area contributed by atoms with E-state index >= 15 is 0 Å². The molecule has 0 bridgehead atoms. The number of pyridine rings is 2. The van der Waals surface area contributed by atoms with E-state index in [1.807, 2.05) is 12.4 Å². The van der Waals surface area contributed by atoms with Gasteiger partial charge in [-0.15, -0.1) is 0 Å². The molecular formula is C58H66N4. The fourth-order valence-electron chi connectivity index (χ4n) is 9.34. The first-order valence-electron chi connectivity index (χ1n) is 24.0. The van der Waals surface area contributed by atoms with Gasteiger partial charge in [-0.2, -0.15) is 0 Å². The zero-order valence-corrected chi connectivity index (χ0v) is 37.4. The highest BCUT2D eigenvalue weighted by molar-refractivity contribution is 6.09. The molecule has 0 radical (unpaired) electrons. The first kappa shape index (κ1) is 42.9. The molecule has 0 spiro atoms.